The zero-order valence-corrected chi connectivity index (χ0v) is 6.53. The van der Waals surface area contributed by atoms with Gasteiger partial charge in [0.2, 0.25) is 0 Å². The van der Waals surface area contributed by atoms with E-state index in [1.54, 1.807) is 0 Å². The summed E-state index contributed by atoms with van der Waals surface area (Å²) in [7, 11) is 0. The summed E-state index contributed by atoms with van der Waals surface area (Å²) in [5.41, 5.74) is 1.38. The second-order valence-electron chi connectivity index (χ2n) is 3.03. The first-order valence-corrected chi connectivity index (χ1v) is 4.18. The van der Waals surface area contributed by atoms with E-state index in [-0.39, 0.29) is 0 Å². The Kier molecular flexibility index (Phi) is 1.80. The molecule has 0 aromatic rings. The van der Waals surface area contributed by atoms with Crippen LogP contribution in [0.5, 0.6) is 0 Å². The van der Waals surface area contributed by atoms with Gasteiger partial charge in [0, 0.05) is 18.7 Å². The second-order valence-corrected chi connectivity index (χ2v) is 3.03. The van der Waals surface area contributed by atoms with E-state index in [1.165, 1.54) is 18.4 Å². The molecule has 1 radical (unpaired) electrons. The van der Waals surface area contributed by atoms with Gasteiger partial charge < -0.3 is 0 Å². The van der Waals surface area contributed by atoms with Crippen molar-refractivity contribution < 1.29 is 0 Å². The fourth-order valence-corrected chi connectivity index (χ4v) is 1.57. The van der Waals surface area contributed by atoms with E-state index < -0.39 is 0 Å². The summed E-state index contributed by atoms with van der Waals surface area (Å²) in [5.74, 6) is 0.645. The van der Waals surface area contributed by atoms with Crippen LogP contribution in [0.4, 0.5) is 0 Å². The van der Waals surface area contributed by atoms with Crippen molar-refractivity contribution >= 4 is 0 Å². The Morgan fingerprint density at radius 3 is 3.36 bits per heavy atom. The lowest BCUT2D eigenvalue weighted by Gasteiger charge is -2.12. The Balaban J connectivity index is 2.21. The molecule has 2 aliphatic rings. The van der Waals surface area contributed by atoms with Crippen molar-refractivity contribution in [2.75, 3.05) is 6.54 Å². The van der Waals surface area contributed by atoms with Crippen molar-refractivity contribution in [3.05, 3.63) is 36.1 Å². The maximum Gasteiger partial charge on any atom is 0.0389 e. The molecule has 0 saturated heterocycles. The first kappa shape index (κ1) is 6.71. The summed E-state index contributed by atoms with van der Waals surface area (Å²) >= 11 is 0. The van der Waals surface area contributed by atoms with Crippen molar-refractivity contribution in [1.82, 2.24) is 5.32 Å². The third-order valence-electron chi connectivity index (χ3n) is 2.21. The van der Waals surface area contributed by atoms with Gasteiger partial charge in [-0.25, -0.2) is 0 Å². The number of nitrogens with zero attached hydrogens (tertiary/aromatic N) is 1. The Morgan fingerprint density at radius 2 is 2.36 bits per heavy atom. The number of hydrogen-bond donors (Lipinski definition) is 0. The molecule has 0 aromatic heterocycles. The molecule has 0 bridgehead atoms. The molecule has 0 N–H and O–H groups in total. The van der Waals surface area contributed by atoms with E-state index in [0.717, 1.165) is 6.54 Å². The molecule has 1 nitrogen and oxygen atoms in total. The fraction of sp³-hybridized carbons (Fsp3) is 0.400. The van der Waals surface area contributed by atoms with Crippen molar-refractivity contribution in [2.45, 2.75) is 12.8 Å². The van der Waals surface area contributed by atoms with Gasteiger partial charge in [-0.05, 0) is 18.4 Å². The molecule has 0 saturated carbocycles. The van der Waals surface area contributed by atoms with Crippen LogP contribution in [-0.4, -0.2) is 6.54 Å². The van der Waals surface area contributed by atoms with E-state index in [2.05, 4.69) is 29.6 Å². The molecule has 0 spiro atoms. The molecule has 1 heteroatoms. The van der Waals surface area contributed by atoms with Gasteiger partial charge in [0.1, 0.15) is 0 Å². The van der Waals surface area contributed by atoms with Gasteiger partial charge in [0.25, 0.3) is 0 Å². The van der Waals surface area contributed by atoms with Gasteiger partial charge >= 0.3 is 0 Å². The molecule has 1 atom stereocenters. The molecule has 1 aliphatic heterocycles. The standard InChI is InChI=1S/C10H12N/c1-2-5-10-8-11-7-3-6-9(10)4-1/h1-2,4-5,8-9H,3,6-7H2. The van der Waals surface area contributed by atoms with Crippen LogP contribution in [0, 0.1) is 5.92 Å². The monoisotopic (exact) mass is 146 g/mol. The van der Waals surface area contributed by atoms with Gasteiger partial charge in [-0.1, -0.05) is 24.3 Å². The number of hydrogen-bond acceptors (Lipinski definition) is 0. The minimum absolute atomic E-state index is 0.645. The first-order valence-electron chi connectivity index (χ1n) is 4.18. The third-order valence-corrected chi connectivity index (χ3v) is 2.21. The van der Waals surface area contributed by atoms with E-state index in [1.807, 2.05) is 6.20 Å². The molecular weight excluding hydrogens is 134 g/mol. The van der Waals surface area contributed by atoms with Crippen LogP contribution in [0.2, 0.25) is 0 Å². The maximum absolute atomic E-state index is 4.31. The number of fused-ring (bicyclic) bond motifs is 1. The highest BCUT2D eigenvalue weighted by Gasteiger charge is 2.13. The van der Waals surface area contributed by atoms with E-state index in [0.29, 0.717) is 5.92 Å². The molecule has 1 unspecified atom stereocenters. The zero-order chi connectivity index (χ0) is 7.52. The zero-order valence-electron chi connectivity index (χ0n) is 6.53. The molecule has 57 valence electrons. The lowest BCUT2D eigenvalue weighted by atomic mass is 9.92. The summed E-state index contributed by atoms with van der Waals surface area (Å²) in [4.78, 5) is 0. The van der Waals surface area contributed by atoms with Crippen molar-refractivity contribution in [3.8, 4) is 0 Å². The normalized spacial score (nSPS) is 28.4. The fourth-order valence-electron chi connectivity index (χ4n) is 1.57. The smallest absolute Gasteiger partial charge is 0.0389 e. The predicted octanol–water partition coefficient (Wildman–Crippen LogP) is 2.01. The summed E-state index contributed by atoms with van der Waals surface area (Å²) < 4.78 is 0. The summed E-state index contributed by atoms with van der Waals surface area (Å²) in [6.07, 6.45) is 13.2. The van der Waals surface area contributed by atoms with Gasteiger partial charge in [0.05, 0.1) is 0 Å². The highest BCUT2D eigenvalue weighted by atomic mass is 14.8. The summed E-state index contributed by atoms with van der Waals surface area (Å²) in [5, 5.41) is 4.31. The van der Waals surface area contributed by atoms with E-state index >= 15 is 0 Å². The molecule has 11 heavy (non-hydrogen) atoms. The quantitative estimate of drug-likeness (QED) is 0.496. The number of allylic oxidation sites excluding steroid dienone is 5. The molecule has 1 aliphatic carbocycles. The van der Waals surface area contributed by atoms with E-state index in [4.69, 9.17) is 0 Å². The van der Waals surface area contributed by atoms with Crippen molar-refractivity contribution in [2.24, 2.45) is 5.92 Å². The van der Waals surface area contributed by atoms with Crippen LogP contribution in [-0.2, 0) is 0 Å². The van der Waals surface area contributed by atoms with Crippen LogP contribution in [0.3, 0.4) is 0 Å². The first-order chi connectivity index (χ1) is 5.47. The number of rotatable bonds is 0. The SMILES string of the molecule is C1=CC2=C[N]CCCC2C=C1. The van der Waals surface area contributed by atoms with Crippen LogP contribution in [0.15, 0.2) is 36.1 Å². The Labute approximate surface area is 67.5 Å². The molecule has 0 amide bonds. The Hall–Kier alpha value is -0.980. The van der Waals surface area contributed by atoms with Gasteiger partial charge in [0.15, 0.2) is 0 Å². The largest absolute Gasteiger partial charge is 0.293 e. The Bertz CT molecular complexity index is 223. The van der Waals surface area contributed by atoms with Gasteiger partial charge in [-0.3, -0.25) is 5.32 Å². The predicted molar refractivity (Wildman–Crippen MR) is 46.1 cm³/mol. The molecule has 0 fully saturated rings. The summed E-state index contributed by atoms with van der Waals surface area (Å²) in [6.45, 7) is 1.00. The molecule has 1 heterocycles. The van der Waals surface area contributed by atoms with Crippen LogP contribution in [0.1, 0.15) is 12.8 Å². The molecular formula is C10H12N. The van der Waals surface area contributed by atoms with Gasteiger partial charge in [-0.2, -0.15) is 0 Å². The second kappa shape index (κ2) is 2.95. The summed E-state index contributed by atoms with van der Waals surface area (Å²) in [6, 6.07) is 0. The van der Waals surface area contributed by atoms with Crippen LogP contribution in [0.25, 0.3) is 0 Å². The highest BCUT2D eigenvalue weighted by molar-refractivity contribution is 5.32. The van der Waals surface area contributed by atoms with Crippen molar-refractivity contribution in [1.29, 1.82) is 0 Å². The third kappa shape index (κ3) is 1.37. The lowest BCUT2D eigenvalue weighted by molar-refractivity contribution is 0.644. The maximum atomic E-state index is 4.31. The topological polar surface area (TPSA) is 14.1 Å². The van der Waals surface area contributed by atoms with Crippen LogP contribution >= 0.6 is 0 Å². The van der Waals surface area contributed by atoms with Gasteiger partial charge in [-0.15, -0.1) is 0 Å². The average Bonchev–Trinajstić information content (AvgIpc) is 2.28. The van der Waals surface area contributed by atoms with Crippen LogP contribution < -0.4 is 5.32 Å². The minimum atomic E-state index is 0.645. The average molecular weight is 146 g/mol. The highest BCUT2D eigenvalue weighted by Crippen LogP contribution is 2.24. The molecule has 0 aromatic carbocycles. The lowest BCUT2D eigenvalue weighted by Crippen LogP contribution is -1.99. The van der Waals surface area contributed by atoms with Crippen molar-refractivity contribution in [3.63, 3.8) is 0 Å². The minimum Gasteiger partial charge on any atom is -0.293 e. The molecule has 2 rings (SSSR count). The van der Waals surface area contributed by atoms with E-state index in [9.17, 15) is 0 Å². The Morgan fingerprint density at radius 1 is 1.36 bits per heavy atom.